The second-order valence-corrected chi connectivity index (χ2v) is 5.01. The standard InChI is InChI=1S/C16H19NO3/c1-2-3-7-14(16(19)20)17-15(18)13-9-8-11-5-4-6-12(11)10-13/h2-3,8-10,14H,4-7H2,1H3,(H,17,18)(H,19,20)/b3-2+. The van der Waals surface area contributed by atoms with E-state index >= 15 is 0 Å². The van der Waals surface area contributed by atoms with Crippen molar-refractivity contribution >= 4 is 11.9 Å². The average Bonchev–Trinajstić information content (AvgIpc) is 2.90. The number of allylic oxidation sites excluding steroid dienone is 1. The van der Waals surface area contributed by atoms with Gasteiger partial charge in [0.2, 0.25) is 0 Å². The van der Waals surface area contributed by atoms with Crippen molar-refractivity contribution in [2.45, 2.75) is 38.6 Å². The first kappa shape index (κ1) is 14.3. The van der Waals surface area contributed by atoms with E-state index < -0.39 is 12.0 Å². The fraction of sp³-hybridized carbons (Fsp3) is 0.375. The SMILES string of the molecule is C/C=C/CC(NC(=O)c1ccc2c(c1)CCC2)C(=O)O. The van der Waals surface area contributed by atoms with E-state index in [1.807, 2.05) is 19.1 Å². The summed E-state index contributed by atoms with van der Waals surface area (Å²) in [6.07, 6.45) is 6.99. The van der Waals surface area contributed by atoms with Crippen LogP contribution in [0, 0.1) is 0 Å². The molecule has 1 amide bonds. The average molecular weight is 273 g/mol. The minimum absolute atomic E-state index is 0.294. The summed E-state index contributed by atoms with van der Waals surface area (Å²) in [5.74, 6) is -1.34. The van der Waals surface area contributed by atoms with Crippen LogP contribution in [-0.2, 0) is 17.6 Å². The third-order valence-electron chi connectivity index (χ3n) is 3.57. The Bertz CT molecular complexity index is 549. The van der Waals surface area contributed by atoms with Crippen molar-refractivity contribution in [3.05, 3.63) is 47.0 Å². The van der Waals surface area contributed by atoms with Crippen molar-refractivity contribution in [3.63, 3.8) is 0 Å². The molecule has 0 radical (unpaired) electrons. The molecule has 1 unspecified atom stereocenters. The molecule has 106 valence electrons. The number of rotatable bonds is 5. The van der Waals surface area contributed by atoms with Gasteiger partial charge in [-0.15, -0.1) is 0 Å². The Balaban J connectivity index is 2.08. The molecule has 0 heterocycles. The molecule has 1 aliphatic carbocycles. The summed E-state index contributed by atoms with van der Waals surface area (Å²) in [5, 5.41) is 11.7. The van der Waals surface area contributed by atoms with E-state index in [-0.39, 0.29) is 5.91 Å². The van der Waals surface area contributed by atoms with Crippen molar-refractivity contribution in [2.24, 2.45) is 0 Å². The first-order valence-electron chi connectivity index (χ1n) is 6.88. The Kier molecular flexibility index (Phi) is 4.56. The summed E-state index contributed by atoms with van der Waals surface area (Å²) in [5.41, 5.74) is 3.04. The largest absolute Gasteiger partial charge is 0.480 e. The highest BCUT2D eigenvalue weighted by Crippen LogP contribution is 2.22. The Hall–Kier alpha value is -2.10. The molecule has 1 aromatic carbocycles. The van der Waals surface area contributed by atoms with Crippen LogP contribution in [0.15, 0.2) is 30.4 Å². The van der Waals surface area contributed by atoms with Crippen LogP contribution in [-0.4, -0.2) is 23.0 Å². The van der Waals surface area contributed by atoms with Crippen LogP contribution >= 0.6 is 0 Å². The summed E-state index contributed by atoms with van der Waals surface area (Å²) >= 11 is 0. The van der Waals surface area contributed by atoms with Gasteiger partial charge in [-0.25, -0.2) is 4.79 Å². The molecular weight excluding hydrogens is 254 g/mol. The maximum Gasteiger partial charge on any atom is 0.326 e. The van der Waals surface area contributed by atoms with Gasteiger partial charge in [0.25, 0.3) is 5.91 Å². The Labute approximate surface area is 118 Å². The molecule has 1 aliphatic rings. The van der Waals surface area contributed by atoms with Gasteiger partial charge >= 0.3 is 5.97 Å². The van der Waals surface area contributed by atoms with Gasteiger partial charge in [0, 0.05) is 5.56 Å². The Morgan fingerprint density at radius 2 is 2.10 bits per heavy atom. The van der Waals surface area contributed by atoms with E-state index in [1.54, 1.807) is 18.2 Å². The number of nitrogens with one attached hydrogen (secondary N) is 1. The Morgan fingerprint density at radius 1 is 1.35 bits per heavy atom. The first-order valence-corrected chi connectivity index (χ1v) is 6.88. The Morgan fingerprint density at radius 3 is 2.80 bits per heavy atom. The number of carbonyl (C=O) groups is 2. The molecule has 0 saturated heterocycles. The zero-order chi connectivity index (χ0) is 14.5. The first-order chi connectivity index (χ1) is 9.61. The molecule has 2 N–H and O–H groups in total. The van der Waals surface area contributed by atoms with Crippen LogP contribution in [0.2, 0.25) is 0 Å². The van der Waals surface area contributed by atoms with Crippen molar-refractivity contribution in [1.29, 1.82) is 0 Å². The van der Waals surface area contributed by atoms with Crippen LogP contribution in [0.4, 0.5) is 0 Å². The number of carboxylic acids is 1. The van der Waals surface area contributed by atoms with Crippen LogP contribution < -0.4 is 5.32 Å². The van der Waals surface area contributed by atoms with Gasteiger partial charge in [0.1, 0.15) is 6.04 Å². The van der Waals surface area contributed by atoms with Gasteiger partial charge in [0.05, 0.1) is 0 Å². The highest BCUT2D eigenvalue weighted by atomic mass is 16.4. The third-order valence-corrected chi connectivity index (χ3v) is 3.57. The molecule has 0 saturated carbocycles. The van der Waals surface area contributed by atoms with Gasteiger partial charge < -0.3 is 10.4 Å². The lowest BCUT2D eigenvalue weighted by molar-refractivity contribution is -0.139. The second kappa shape index (κ2) is 6.37. The summed E-state index contributed by atoms with van der Waals surface area (Å²) < 4.78 is 0. The molecule has 0 fully saturated rings. The predicted molar refractivity (Wildman–Crippen MR) is 76.8 cm³/mol. The smallest absolute Gasteiger partial charge is 0.326 e. The van der Waals surface area contributed by atoms with Crippen molar-refractivity contribution < 1.29 is 14.7 Å². The molecular formula is C16H19NO3. The second-order valence-electron chi connectivity index (χ2n) is 5.01. The summed E-state index contributed by atoms with van der Waals surface area (Å²) in [7, 11) is 0. The minimum Gasteiger partial charge on any atom is -0.480 e. The van der Waals surface area contributed by atoms with E-state index in [0.29, 0.717) is 12.0 Å². The lowest BCUT2D eigenvalue weighted by Crippen LogP contribution is -2.40. The third kappa shape index (κ3) is 3.26. The number of carboxylic acid groups (broad SMARTS) is 1. The topological polar surface area (TPSA) is 66.4 Å². The zero-order valence-corrected chi connectivity index (χ0v) is 11.6. The number of benzene rings is 1. The molecule has 20 heavy (non-hydrogen) atoms. The number of amides is 1. The molecule has 1 atom stereocenters. The molecule has 0 aliphatic heterocycles. The number of fused-ring (bicyclic) bond motifs is 1. The molecule has 0 spiro atoms. The van der Waals surface area contributed by atoms with Gasteiger partial charge in [-0.1, -0.05) is 18.2 Å². The number of aliphatic carboxylic acids is 1. The maximum absolute atomic E-state index is 12.1. The van der Waals surface area contributed by atoms with E-state index in [2.05, 4.69) is 5.32 Å². The van der Waals surface area contributed by atoms with Crippen LogP contribution in [0.25, 0.3) is 0 Å². The maximum atomic E-state index is 12.1. The lowest BCUT2D eigenvalue weighted by atomic mass is 10.1. The van der Waals surface area contributed by atoms with Gasteiger partial charge in [-0.2, -0.15) is 0 Å². The van der Waals surface area contributed by atoms with Gasteiger partial charge in [-0.3, -0.25) is 4.79 Å². The van der Waals surface area contributed by atoms with Crippen LogP contribution in [0.3, 0.4) is 0 Å². The fourth-order valence-electron chi connectivity index (χ4n) is 2.45. The van der Waals surface area contributed by atoms with E-state index in [4.69, 9.17) is 5.11 Å². The van der Waals surface area contributed by atoms with E-state index in [9.17, 15) is 9.59 Å². The van der Waals surface area contributed by atoms with Gasteiger partial charge in [-0.05, 0) is 55.9 Å². The number of hydrogen-bond acceptors (Lipinski definition) is 2. The molecule has 4 nitrogen and oxygen atoms in total. The number of aryl methyl sites for hydroxylation is 2. The van der Waals surface area contributed by atoms with E-state index in [0.717, 1.165) is 19.3 Å². The summed E-state index contributed by atoms with van der Waals surface area (Å²) in [4.78, 5) is 23.2. The molecule has 2 rings (SSSR count). The lowest BCUT2D eigenvalue weighted by Gasteiger charge is -2.13. The highest BCUT2D eigenvalue weighted by Gasteiger charge is 2.20. The normalized spacial score (nSPS) is 15.1. The minimum atomic E-state index is -1.02. The molecule has 4 heteroatoms. The highest BCUT2D eigenvalue weighted by molar-refractivity contribution is 5.96. The quantitative estimate of drug-likeness (QED) is 0.809. The number of carbonyl (C=O) groups excluding carboxylic acids is 1. The van der Waals surface area contributed by atoms with Crippen molar-refractivity contribution in [2.75, 3.05) is 0 Å². The fourth-order valence-corrected chi connectivity index (χ4v) is 2.45. The summed E-state index contributed by atoms with van der Waals surface area (Å²) in [6, 6.07) is 4.74. The van der Waals surface area contributed by atoms with Gasteiger partial charge in [0.15, 0.2) is 0 Å². The monoisotopic (exact) mass is 273 g/mol. The molecule has 0 aromatic heterocycles. The molecule has 1 aromatic rings. The van der Waals surface area contributed by atoms with Crippen LogP contribution in [0.5, 0.6) is 0 Å². The van der Waals surface area contributed by atoms with Crippen molar-refractivity contribution in [1.82, 2.24) is 5.32 Å². The number of hydrogen-bond donors (Lipinski definition) is 2. The van der Waals surface area contributed by atoms with E-state index in [1.165, 1.54) is 11.1 Å². The molecule has 0 bridgehead atoms. The summed E-state index contributed by atoms with van der Waals surface area (Å²) in [6.45, 7) is 1.82. The van der Waals surface area contributed by atoms with Crippen molar-refractivity contribution in [3.8, 4) is 0 Å². The predicted octanol–water partition coefficient (Wildman–Crippen LogP) is 2.32. The van der Waals surface area contributed by atoms with Crippen LogP contribution in [0.1, 0.15) is 41.3 Å². The zero-order valence-electron chi connectivity index (χ0n) is 11.6.